The second-order valence-corrected chi connectivity index (χ2v) is 15.3. The quantitative estimate of drug-likeness (QED) is 0.166. The standard InChI is InChI=1S/C51H37BN2O/c1-51(2)42-31-39(53(36-18-9-4-10-19-36)37-20-11-5-12-21-37)27-28-40(42)41-32-47-45(33-43(41)51)52-44-29-26-35(34-16-7-3-8-17-34)30-49(44)55-48-25-15-24-46(50(48)52)54(47)38-22-13-6-14-23-38/h3-33H,1-2H3. The van der Waals surface area contributed by atoms with Crippen LogP contribution in [0.15, 0.2) is 188 Å². The zero-order valence-corrected chi connectivity index (χ0v) is 30.8. The molecule has 0 atom stereocenters. The van der Waals surface area contributed by atoms with Crippen LogP contribution in [0.5, 0.6) is 11.5 Å². The number of benzene rings is 8. The van der Waals surface area contributed by atoms with Crippen molar-refractivity contribution in [2.75, 3.05) is 9.80 Å². The Morgan fingerprint density at radius 2 is 1.13 bits per heavy atom. The summed E-state index contributed by atoms with van der Waals surface area (Å²) in [5.74, 6) is 1.84. The van der Waals surface area contributed by atoms with E-state index in [1.54, 1.807) is 0 Å². The van der Waals surface area contributed by atoms with Crippen LogP contribution in [0.4, 0.5) is 34.1 Å². The van der Waals surface area contributed by atoms with Crippen molar-refractivity contribution in [2.24, 2.45) is 0 Å². The minimum absolute atomic E-state index is 0.0155. The lowest BCUT2D eigenvalue weighted by Gasteiger charge is -2.40. The molecule has 0 bridgehead atoms. The molecule has 0 radical (unpaired) electrons. The number of fused-ring (bicyclic) bond motifs is 7. The van der Waals surface area contributed by atoms with Crippen LogP contribution < -0.4 is 30.9 Å². The minimum atomic E-state index is -0.239. The molecule has 0 aromatic heterocycles. The molecular weight excluding hydrogens is 667 g/mol. The lowest BCUT2D eigenvalue weighted by atomic mass is 9.34. The fourth-order valence-electron chi connectivity index (χ4n) is 9.30. The number of para-hydroxylation sites is 3. The third-order valence-corrected chi connectivity index (χ3v) is 11.9. The first-order valence-electron chi connectivity index (χ1n) is 19.1. The van der Waals surface area contributed by atoms with E-state index < -0.39 is 0 Å². The second kappa shape index (κ2) is 12.1. The van der Waals surface area contributed by atoms with Gasteiger partial charge in [-0.25, -0.2) is 0 Å². The van der Waals surface area contributed by atoms with Gasteiger partial charge in [-0.2, -0.15) is 0 Å². The molecule has 2 heterocycles. The van der Waals surface area contributed by atoms with Crippen molar-refractivity contribution < 1.29 is 4.74 Å². The Hall–Kier alpha value is -6.78. The zero-order chi connectivity index (χ0) is 36.7. The second-order valence-electron chi connectivity index (χ2n) is 15.3. The number of rotatable bonds is 5. The maximum absolute atomic E-state index is 6.85. The summed E-state index contributed by atoms with van der Waals surface area (Å²) in [6.45, 7) is 4.80. The van der Waals surface area contributed by atoms with Gasteiger partial charge in [0, 0.05) is 39.5 Å². The predicted octanol–water partition coefficient (Wildman–Crippen LogP) is 11.5. The smallest absolute Gasteiger partial charge is 0.256 e. The Labute approximate surface area is 322 Å². The Balaban J connectivity index is 1.12. The summed E-state index contributed by atoms with van der Waals surface area (Å²) >= 11 is 0. The van der Waals surface area contributed by atoms with Gasteiger partial charge in [0.05, 0.1) is 0 Å². The van der Waals surface area contributed by atoms with E-state index in [1.807, 2.05) is 0 Å². The zero-order valence-electron chi connectivity index (χ0n) is 30.8. The average Bonchev–Trinajstić information content (AvgIpc) is 3.45. The van der Waals surface area contributed by atoms with Gasteiger partial charge in [0.15, 0.2) is 0 Å². The lowest BCUT2D eigenvalue weighted by Crippen LogP contribution is -2.59. The van der Waals surface area contributed by atoms with Crippen LogP contribution >= 0.6 is 0 Å². The molecule has 55 heavy (non-hydrogen) atoms. The molecule has 0 saturated carbocycles. The van der Waals surface area contributed by atoms with E-state index >= 15 is 0 Å². The first-order valence-corrected chi connectivity index (χ1v) is 19.1. The Morgan fingerprint density at radius 3 is 1.84 bits per heavy atom. The van der Waals surface area contributed by atoms with Crippen LogP contribution in [0.2, 0.25) is 0 Å². The van der Waals surface area contributed by atoms with E-state index in [0.717, 1.165) is 45.5 Å². The first kappa shape index (κ1) is 31.7. The van der Waals surface area contributed by atoms with Crippen molar-refractivity contribution in [1.82, 2.24) is 0 Å². The fourth-order valence-corrected chi connectivity index (χ4v) is 9.30. The molecule has 0 unspecified atom stereocenters. The molecule has 11 rings (SSSR count). The molecular formula is C51H37BN2O. The van der Waals surface area contributed by atoms with Crippen molar-refractivity contribution in [3.05, 3.63) is 199 Å². The minimum Gasteiger partial charge on any atom is -0.458 e. The highest BCUT2D eigenvalue weighted by Gasteiger charge is 2.45. The number of hydrogen-bond donors (Lipinski definition) is 0. The molecule has 0 fully saturated rings. The van der Waals surface area contributed by atoms with Crippen LogP contribution in [0, 0.1) is 0 Å². The molecule has 0 spiro atoms. The summed E-state index contributed by atoms with van der Waals surface area (Å²) in [5, 5.41) is 0. The summed E-state index contributed by atoms with van der Waals surface area (Å²) in [7, 11) is 0. The van der Waals surface area contributed by atoms with Gasteiger partial charge in [-0.15, -0.1) is 0 Å². The lowest BCUT2D eigenvalue weighted by molar-refractivity contribution is 0.488. The van der Waals surface area contributed by atoms with Crippen LogP contribution in [-0.2, 0) is 5.41 Å². The summed E-state index contributed by atoms with van der Waals surface area (Å²) in [4.78, 5) is 4.81. The summed E-state index contributed by atoms with van der Waals surface area (Å²) in [6, 6.07) is 68.1. The van der Waals surface area contributed by atoms with Crippen LogP contribution in [0.3, 0.4) is 0 Å². The van der Waals surface area contributed by atoms with Gasteiger partial charge < -0.3 is 14.5 Å². The Kier molecular flexibility index (Phi) is 6.99. The molecule has 0 amide bonds. The predicted molar refractivity (Wildman–Crippen MR) is 230 cm³/mol. The van der Waals surface area contributed by atoms with Crippen molar-refractivity contribution in [1.29, 1.82) is 0 Å². The van der Waals surface area contributed by atoms with Crippen molar-refractivity contribution in [2.45, 2.75) is 19.3 Å². The Bertz CT molecular complexity index is 2730. The van der Waals surface area contributed by atoms with Crippen molar-refractivity contribution >= 4 is 57.2 Å². The normalized spacial score (nSPS) is 13.9. The largest absolute Gasteiger partial charge is 0.458 e. The number of nitrogens with zero attached hydrogens (tertiary/aromatic N) is 2. The summed E-state index contributed by atoms with van der Waals surface area (Å²) in [5.41, 5.74) is 18.0. The SMILES string of the molecule is CC1(C)c2cc(N(c3ccccc3)c3ccccc3)ccc2-c2cc3c(cc21)B1c2ccc(-c4ccccc4)cc2Oc2cccc(c21)N3c1ccccc1. The number of ether oxygens (including phenoxy) is 1. The monoisotopic (exact) mass is 704 g/mol. The molecule has 4 heteroatoms. The number of anilines is 6. The average molecular weight is 705 g/mol. The highest BCUT2D eigenvalue weighted by Crippen LogP contribution is 2.53. The topological polar surface area (TPSA) is 15.7 Å². The van der Waals surface area contributed by atoms with E-state index in [2.05, 4.69) is 212 Å². The van der Waals surface area contributed by atoms with Crippen molar-refractivity contribution in [3.8, 4) is 33.8 Å². The maximum atomic E-state index is 6.85. The van der Waals surface area contributed by atoms with E-state index in [4.69, 9.17) is 4.74 Å². The summed E-state index contributed by atoms with van der Waals surface area (Å²) < 4.78 is 6.85. The molecule has 0 N–H and O–H groups in total. The highest BCUT2D eigenvalue weighted by atomic mass is 16.5. The molecule has 260 valence electrons. The molecule has 3 aliphatic rings. The number of hydrogen-bond acceptors (Lipinski definition) is 3. The van der Waals surface area contributed by atoms with Gasteiger partial charge >= 0.3 is 0 Å². The fraction of sp³-hybridized carbons (Fsp3) is 0.0588. The summed E-state index contributed by atoms with van der Waals surface area (Å²) in [6.07, 6.45) is 0. The first-order chi connectivity index (χ1) is 27.0. The van der Waals surface area contributed by atoms with E-state index in [-0.39, 0.29) is 12.1 Å². The maximum Gasteiger partial charge on any atom is 0.256 e. The van der Waals surface area contributed by atoms with Crippen LogP contribution in [0.25, 0.3) is 22.3 Å². The van der Waals surface area contributed by atoms with E-state index in [1.165, 1.54) is 49.9 Å². The Morgan fingerprint density at radius 1 is 0.473 bits per heavy atom. The highest BCUT2D eigenvalue weighted by molar-refractivity contribution is 6.99. The van der Waals surface area contributed by atoms with Crippen LogP contribution in [0.1, 0.15) is 25.0 Å². The third-order valence-electron chi connectivity index (χ3n) is 11.9. The van der Waals surface area contributed by atoms with Gasteiger partial charge in [0.25, 0.3) is 6.71 Å². The van der Waals surface area contributed by atoms with Gasteiger partial charge in [0.1, 0.15) is 11.5 Å². The van der Waals surface area contributed by atoms with Gasteiger partial charge in [-0.05, 0) is 123 Å². The van der Waals surface area contributed by atoms with Gasteiger partial charge in [0.2, 0.25) is 0 Å². The molecule has 8 aromatic rings. The van der Waals surface area contributed by atoms with E-state index in [0.29, 0.717) is 0 Å². The van der Waals surface area contributed by atoms with Crippen molar-refractivity contribution in [3.63, 3.8) is 0 Å². The van der Waals surface area contributed by atoms with Gasteiger partial charge in [-0.1, -0.05) is 129 Å². The molecule has 8 aromatic carbocycles. The third kappa shape index (κ3) is 4.84. The molecule has 1 aliphatic carbocycles. The van der Waals surface area contributed by atoms with Gasteiger partial charge in [-0.3, -0.25) is 0 Å². The molecule has 0 saturated heterocycles. The van der Waals surface area contributed by atoms with Crippen LogP contribution in [-0.4, -0.2) is 6.71 Å². The van der Waals surface area contributed by atoms with E-state index in [9.17, 15) is 0 Å². The molecule has 3 nitrogen and oxygen atoms in total. The molecule has 2 aliphatic heterocycles.